The van der Waals surface area contributed by atoms with Crippen LogP contribution in [-0.4, -0.2) is 37.1 Å². The van der Waals surface area contributed by atoms with Crippen molar-refractivity contribution in [2.24, 2.45) is 11.8 Å². The molecule has 1 N–H and O–H groups in total. The van der Waals surface area contributed by atoms with E-state index in [2.05, 4.69) is 10.2 Å². The second-order valence-electron chi connectivity index (χ2n) is 5.08. The number of rotatable bonds is 0. The van der Waals surface area contributed by atoms with Crippen LogP contribution >= 0.6 is 0 Å². The Morgan fingerprint density at radius 3 is 3.15 bits per heavy atom. The van der Waals surface area contributed by atoms with Gasteiger partial charge < -0.3 is 5.32 Å². The summed E-state index contributed by atoms with van der Waals surface area (Å²) < 4.78 is 0. The molecule has 3 fully saturated rings. The standard InChI is InChI=1S/C11H20N2/c1-2-4-13-8-9-5-10(7-12-6-9)11(13)3-1/h9-12H,1-8H2. The van der Waals surface area contributed by atoms with Crippen molar-refractivity contribution < 1.29 is 0 Å². The maximum absolute atomic E-state index is 3.59. The lowest BCUT2D eigenvalue weighted by atomic mass is 9.77. The summed E-state index contributed by atoms with van der Waals surface area (Å²) in [5, 5.41) is 3.59. The molecule has 3 aliphatic heterocycles. The van der Waals surface area contributed by atoms with Crippen LogP contribution in [0.4, 0.5) is 0 Å². The summed E-state index contributed by atoms with van der Waals surface area (Å²) in [7, 11) is 0. The molecule has 3 unspecified atom stereocenters. The molecule has 0 aromatic heterocycles. The third kappa shape index (κ3) is 1.40. The van der Waals surface area contributed by atoms with Crippen LogP contribution in [0.15, 0.2) is 0 Å². The lowest BCUT2D eigenvalue weighted by Gasteiger charge is -2.50. The molecule has 0 aliphatic carbocycles. The van der Waals surface area contributed by atoms with Crippen LogP contribution in [0.25, 0.3) is 0 Å². The van der Waals surface area contributed by atoms with Crippen molar-refractivity contribution in [3.8, 4) is 0 Å². The number of nitrogens with zero attached hydrogens (tertiary/aromatic N) is 1. The lowest BCUT2D eigenvalue weighted by Crippen LogP contribution is -2.58. The molecule has 3 saturated heterocycles. The number of piperidine rings is 3. The van der Waals surface area contributed by atoms with Crippen molar-refractivity contribution in [3.63, 3.8) is 0 Å². The molecule has 0 aromatic rings. The fourth-order valence-corrected chi connectivity index (χ4v) is 3.61. The van der Waals surface area contributed by atoms with Gasteiger partial charge in [0.05, 0.1) is 0 Å². The first kappa shape index (κ1) is 8.25. The van der Waals surface area contributed by atoms with Crippen LogP contribution in [0.1, 0.15) is 25.7 Å². The lowest BCUT2D eigenvalue weighted by molar-refractivity contribution is 0.0109. The van der Waals surface area contributed by atoms with Crippen molar-refractivity contribution >= 4 is 0 Å². The Morgan fingerprint density at radius 2 is 2.15 bits per heavy atom. The Morgan fingerprint density at radius 1 is 1.15 bits per heavy atom. The fourth-order valence-electron chi connectivity index (χ4n) is 3.61. The van der Waals surface area contributed by atoms with Crippen LogP contribution < -0.4 is 5.32 Å². The SMILES string of the molecule is C1CCN2CC3CNCC(C3)C2C1. The average molecular weight is 180 g/mol. The average Bonchev–Trinajstić information content (AvgIpc) is 2.18. The first-order chi connectivity index (χ1) is 6.43. The number of hydrogen-bond donors (Lipinski definition) is 1. The van der Waals surface area contributed by atoms with Gasteiger partial charge in [0.25, 0.3) is 0 Å². The maximum atomic E-state index is 3.59. The van der Waals surface area contributed by atoms with E-state index in [-0.39, 0.29) is 0 Å². The van der Waals surface area contributed by atoms with Gasteiger partial charge in [0.1, 0.15) is 0 Å². The highest BCUT2D eigenvalue weighted by molar-refractivity contribution is 4.94. The first-order valence-electron chi connectivity index (χ1n) is 5.88. The summed E-state index contributed by atoms with van der Waals surface area (Å²) in [5.74, 6) is 1.95. The molecule has 3 aliphatic rings. The molecule has 13 heavy (non-hydrogen) atoms. The Hall–Kier alpha value is -0.0800. The predicted octanol–water partition coefficient (Wildman–Crippen LogP) is 1.08. The quantitative estimate of drug-likeness (QED) is 0.600. The molecular weight excluding hydrogens is 160 g/mol. The minimum Gasteiger partial charge on any atom is -0.316 e. The minimum absolute atomic E-state index is 0.942. The summed E-state index contributed by atoms with van der Waals surface area (Å²) >= 11 is 0. The van der Waals surface area contributed by atoms with Crippen molar-refractivity contribution in [1.82, 2.24) is 10.2 Å². The third-order valence-electron chi connectivity index (χ3n) is 4.18. The van der Waals surface area contributed by atoms with E-state index in [1.807, 2.05) is 0 Å². The maximum Gasteiger partial charge on any atom is 0.0136 e. The summed E-state index contributed by atoms with van der Waals surface area (Å²) in [4.78, 5) is 2.78. The number of fused-ring (bicyclic) bond motifs is 4. The van der Waals surface area contributed by atoms with E-state index >= 15 is 0 Å². The third-order valence-corrected chi connectivity index (χ3v) is 4.18. The van der Waals surface area contributed by atoms with Gasteiger partial charge in [-0.3, -0.25) is 4.90 Å². The predicted molar refractivity (Wildman–Crippen MR) is 53.7 cm³/mol. The Labute approximate surface area is 80.7 Å². The van der Waals surface area contributed by atoms with Gasteiger partial charge >= 0.3 is 0 Å². The largest absolute Gasteiger partial charge is 0.316 e. The monoisotopic (exact) mass is 180 g/mol. The molecule has 3 heterocycles. The molecular formula is C11H20N2. The zero-order chi connectivity index (χ0) is 8.67. The second-order valence-corrected chi connectivity index (χ2v) is 5.08. The van der Waals surface area contributed by atoms with Gasteiger partial charge in [-0.1, -0.05) is 6.42 Å². The van der Waals surface area contributed by atoms with E-state index in [0.717, 1.165) is 17.9 Å². The van der Waals surface area contributed by atoms with Gasteiger partial charge in [-0.25, -0.2) is 0 Å². The highest BCUT2D eigenvalue weighted by Crippen LogP contribution is 2.34. The molecule has 2 bridgehead atoms. The van der Waals surface area contributed by atoms with Crippen molar-refractivity contribution in [2.45, 2.75) is 31.7 Å². The molecule has 0 amide bonds. The van der Waals surface area contributed by atoms with Crippen LogP contribution in [0.5, 0.6) is 0 Å². The van der Waals surface area contributed by atoms with E-state index in [1.165, 1.54) is 51.9 Å². The van der Waals surface area contributed by atoms with Gasteiger partial charge in [-0.05, 0) is 50.7 Å². The second kappa shape index (κ2) is 3.25. The molecule has 0 saturated carbocycles. The molecule has 0 radical (unpaired) electrons. The summed E-state index contributed by atoms with van der Waals surface area (Å²) in [5.41, 5.74) is 0. The van der Waals surface area contributed by atoms with E-state index in [9.17, 15) is 0 Å². The Kier molecular flexibility index (Phi) is 2.06. The molecule has 74 valence electrons. The summed E-state index contributed by atoms with van der Waals surface area (Å²) in [6.07, 6.45) is 5.90. The van der Waals surface area contributed by atoms with Gasteiger partial charge in [0.2, 0.25) is 0 Å². The van der Waals surface area contributed by atoms with E-state index < -0.39 is 0 Å². The van der Waals surface area contributed by atoms with E-state index in [1.54, 1.807) is 0 Å². The fraction of sp³-hybridized carbons (Fsp3) is 1.00. The highest BCUT2D eigenvalue weighted by atomic mass is 15.2. The smallest absolute Gasteiger partial charge is 0.0136 e. The van der Waals surface area contributed by atoms with Crippen molar-refractivity contribution in [2.75, 3.05) is 26.2 Å². The molecule has 0 spiro atoms. The number of hydrogen-bond acceptors (Lipinski definition) is 2. The zero-order valence-electron chi connectivity index (χ0n) is 8.34. The highest BCUT2D eigenvalue weighted by Gasteiger charge is 2.38. The van der Waals surface area contributed by atoms with Crippen molar-refractivity contribution in [1.29, 1.82) is 0 Å². The molecule has 3 rings (SSSR count). The van der Waals surface area contributed by atoms with Gasteiger partial charge in [0.15, 0.2) is 0 Å². The number of nitrogens with one attached hydrogen (secondary N) is 1. The van der Waals surface area contributed by atoms with Gasteiger partial charge in [-0.15, -0.1) is 0 Å². The molecule has 2 heteroatoms. The Bertz CT molecular complexity index is 189. The van der Waals surface area contributed by atoms with Gasteiger partial charge in [-0.2, -0.15) is 0 Å². The van der Waals surface area contributed by atoms with E-state index in [0.29, 0.717) is 0 Å². The van der Waals surface area contributed by atoms with Gasteiger partial charge in [0, 0.05) is 12.6 Å². The van der Waals surface area contributed by atoms with Crippen LogP contribution in [0.3, 0.4) is 0 Å². The van der Waals surface area contributed by atoms with Crippen LogP contribution in [-0.2, 0) is 0 Å². The Balaban J connectivity index is 1.77. The van der Waals surface area contributed by atoms with Crippen LogP contribution in [0, 0.1) is 11.8 Å². The van der Waals surface area contributed by atoms with Crippen molar-refractivity contribution in [3.05, 3.63) is 0 Å². The summed E-state index contributed by atoms with van der Waals surface area (Å²) in [6.45, 7) is 5.34. The zero-order valence-corrected chi connectivity index (χ0v) is 8.34. The minimum atomic E-state index is 0.942. The molecule has 3 atom stereocenters. The first-order valence-corrected chi connectivity index (χ1v) is 5.88. The van der Waals surface area contributed by atoms with Crippen LogP contribution in [0.2, 0.25) is 0 Å². The normalized spacial score (nSPS) is 45.7. The van der Waals surface area contributed by atoms with E-state index in [4.69, 9.17) is 0 Å². The summed E-state index contributed by atoms with van der Waals surface area (Å²) in [6, 6.07) is 0.942. The molecule has 0 aromatic carbocycles. The topological polar surface area (TPSA) is 15.3 Å². The molecule has 2 nitrogen and oxygen atoms in total.